The number of nitrogens with zero attached hydrogens (tertiary/aromatic N) is 5. The summed E-state index contributed by atoms with van der Waals surface area (Å²) in [4.78, 5) is 40.3. The number of aromatic nitrogens is 5. The van der Waals surface area contributed by atoms with Gasteiger partial charge in [0.1, 0.15) is 23.0 Å². The Hall–Kier alpha value is -4.79. The SMILES string of the molecule is CC1(C)C(=O)Nc2nc(-c3nn(Cc4ccccc4F)c4ncccc34)nc(C(=O)CCc3ccccc3)c21. The fraction of sp³-hybridized carbons (Fsp3) is 0.200. The molecule has 1 amide bonds. The van der Waals surface area contributed by atoms with Crippen molar-refractivity contribution in [2.75, 3.05) is 5.32 Å². The van der Waals surface area contributed by atoms with E-state index in [-0.39, 0.29) is 42.0 Å². The Morgan fingerprint density at radius 2 is 1.77 bits per heavy atom. The number of aryl methyl sites for hydroxylation is 1. The number of hydrogen-bond acceptors (Lipinski definition) is 6. The number of hydrogen-bond donors (Lipinski definition) is 1. The minimum absolute atomic E-state index is 0.151. The summed E-state index contributed by atoms with van der Waals surface area (Å²) >= 11 is 0. The molecule has 0 aliphatic carbocycles. The van der Waals surface area contributed by atoms with Crippen molar-refractivity contribution >= 4 is 28.5 Å². The van der Waals surface area contributed by atoms with Crippen LogP contribution >= 0.6 is 0 Å². The van der Waals surface area contributed by atoms with Crippen LogP contribution < -0.4 is 5.32 Å². The smallest absolute Gasteiger partial charge is 0.235 e. The molecule has 8 nitrogen and oxygen atoms in total. The normalized spacial score (nSPS) is 13.9. The maximum absolute atomic E-state index is 14.4. The average Bonchev–Trinajstić information content (AvgIpc) is 3.42. The molecule has 1 aliphatic heterocycles. The summed E-state index contributed by atoms with van der Waals surface area (Å²) in [6.45, 7) is 3.67. The highest BCUT2D eigenvalue weighted by Crippen LogP contribution is 2.40. The topological polar surface area (TPSA) is 103 Å². The van der Waals surface area contributed by atoms with Crippen molar-refractivity contribution in [1.82, 2.24) is 24.7 Å². The predicted octanol–water partition coefficient (Wildman–Crippen LogP) is 5.12. The molecule has 5 aromatic rings. The largest absolute Gasteiger partial charge is 0.310 e. The van der Waals surface area contributed by atoms with Gasteiger partial charge in [0, 0.05) is 23.7 Å². The Balaban J connectivity index is 1.46. The zero-order valence-corrected chi connectivity index (χ0v) is 21.5. The highest BCUT2D eigenvalue weighted by Gasteiger charge is 2.44. The second-order valence-electron chi connectivity index (χ2n) is 10.1. The molecule has 39 heavy (non-hydrogen) atoms. The minimum atomic E-state index is -0.973. The van der Waals surface area contributed by atoms with Crippen molar-refractivity contribution in [2.45, 2.75) is 38.6 Å². The summed E-state index contributed by atoms with van der Waals surface area (Å²) in [6, 6.07) is 19.8. The van der Waals surface area contributed by atoms with Crippen LogP contribution in [-0.4, -0.2) is 36.4 Å². The summed E-state index contributed by atoms with van der Waals surface area (Å²) in [6.07, 6.45) is 2.40. The molecule has 0 saturated carbocycles. The molecule has 0 radical (unpaired) electrons. The van der Waals surface area contributed by atoms with Crippen molar-refractivity contribution in [1.29, 1.82) is 0 Å². The molecular weight excluding hydrogens is 495 g/mol. The number of carbonyl (C=O) groups excluding carboxylic acids is 2. The van der Waals surface area contributed by atoms with Gasteiger partial charge in [-0.2, -0.15) is 5.10 Å². The van der Waals surface area contributed by atoms with E-state index in [1.165, 1.54) is 6.07 Å². The van der Waals surface area contributed by atoms with Gasteiger partial charge in [-0.1, -0.05) is 48.5 Å². The quantitative estimate of drug-likeness (QED) is 0.299. The van der Waals surface area contributed by atoms with Crippen molar-refractivity contribution in [3.8, 4) is 11.5 Å². The molecule has 1 N–H and O–H groups in total. The van der Waals surface area contributed by atoms with Gasteiger partial charge < -0.3 is 5.32 Å². The third-order valence-electron chi connectivity index (χ3n) is 7.08. The van der Waals surface area contributed by atoms with Crippen LogP contribution in [0.25, 0.3) is 22.6 Å². The molecule has 1 aliphatic rings. The van der Waals surface area contributed by atoms with E-state index in [9.17, 15) is 14.0 Å². The molecule has 3 aromatic heterocycles. The van der Waals surface area contributed by atoms with Gasteiger partial charge in [0.25, 0.3) is 0 Å². The van der Waals surface area contributed by atoms with Crippen molar-refractivity contribution in [2.24, 2.45) is 0 Å². The molecular formula is C30H25FN6O2. The van der Waals surface area contributed by atoms with Crippen LogP contribution in [0.4, 0.5) is 10.2 Å². The zero-order valence-electron chi connectivity index (χ0n) is 21.5. The summed E-state index contributed by atoms with van der Waals surface area (Å²) in [5.41, 5.74) is 2.14. The monoisotopic (exact) mass is 520 g/mol. The Kier molecular flexibility index (Phi) is 5.98. The highest BCUT2D eigenvalue weighted by molar-refractivity contribution is 6.09. The van der Waals surface area contributed by atoms with Crippen LogP contribution in [-0.2, 0) is 23.2 Å². The summed E-state index contributed by atoms with van der Waals surface area (Å²) < 4.78 is 16.0. The second kappa shape index (κ2) is 9.50. The first-order chi connectivity index (χ1) is 18.8. The van der Waals surface area contributed by atoms with E-state index in [1.807, 2.05) is 36.4 Å². The van der Waals surface area contributed by atoms with Gasteiger partial charge in [-0.25, -0.2) is 24.0 Å². The molecule has 9 heteroatoms. The number of carbonyl (C=O) groups is 2. The lowest BCUT2D eigenvalue weighted by Gasteiger charge is -2.17. The number of Topliss-reactive ketones (excluding diaryl/α,β-unsaturated/α-hetero) is 1. The molecule has 0 fully saturated rings. The van der Waals surface area contributed by atoms with Gasteiger partial charge in [0.15, 0.2) is 17.3 Å². The van der Waals surface area contributed by atoms with Crippen LogP contribution in [0.3, 0.4) is 0 Å². The Labute approximate surface area is 224 Å². The maximum Gasteiger partial charge on any atom is 0.235 e. The van der Waals surface area contributed by atoms with Gasteiger partial charge in [0.2, 0.25) is 5.91 Å². The van der Waals surface area contributed by atoms with E-state index in [2.05, 4.69) is 15.3 Å². The molecule has 0 spiro atoms. The first-order valence-electron chi connectivity index (χ1n) is 12.7. The van der Waals surface area contributed by atoms with Crippen molar-refractivity contribution in [3.05, 3.63) is 101 Å². The number of benzene rings is 2. The number of rotatable bonds is 7. The van der Waals surface area contributed by atoms with Crippen LogP contribution in [0.15, 0.2) is 72.9 Å². The summed E-state index contributed by atoms with van der Waals surface area (Å²) in [5.74, 6) is -0.281. The van der Waals surface area contributed by atoms with Crippen molar-refractivity contribution in [3.63, 3.8) is 0 Å². The van der Waals surface area contributed by atoms with Gasteiger partial charge in [-0.05, 0) is 44.0 Å². The van der Waals surface area contributed by atoms with Crippen LogP contribution in [0.1, 0.15) is 47.4 Å². The van der Waals surface area contributed by atoms with Gasteiger partial charge >= 0.3 is 0 Å². The standard InChI is InChI=1S/C30H25FN6O2/c1-30(2)23-25(22(38)15-14-18-9-4-3-5-10-18)33-27(34-26(23)35-29(30)39)24-20-12-8-16-32-28(20)37(36-24)17-19-11-6-7-13-21(19)31/h3-13,16H,14-15,17H2,1-2H3,(H,33,34,35,39). The van der Waals surface area contributed by atoms with Crippen LogP contribution in [0, 0.1) is 5.82 Å². The second-order valence-corrected chi connectivity index (χ2v) is 10.1. The Morgan fingerprint density at radius 1 is 1.00 bits per heavy atom. The maximum atomic E-state index is 14.4. The Bertz CT molecular complexity index is 1750. The number of fused-ring (bicyclic) bond motifs is 2. The fourth-order valence-corrected chi connectivity index (χ4v) is 4.92. The Morgan fingerprint density at radius 3 is 2.56 bits per heavy atom. The molecule has 0 atom stereocenters. The van der Waals surface area contributed by atoms with Gasteiger partial charge in [-0.15, -0.1) is 0 Å². The average molecular weight is 521 g/mol. The lowest BCUT2D eigenvalue weighted by molar-refractivity contribution is -0.119. The van der Waals surface area contributed by atoms with E-state index in [1.54, 1.807) is 49.0 Å². The van der Waals surface area contributed by atoms with Gasteiger partial charge in [-0.3, -0.25) is 9.59 Å². The molecule has 6 rings (SSSR count). The molecule has 0 bridgehead atoms. The van der Waals surface area contributed by atoms with E-state index in [0.29, 0.717) is 40.1 Å². The van der Waals surface area contributed by atoms with E-state index >= 15 is 0 Å². The van der Waals surface area contributed by atoms with Crippen molar-refractivity contribution < 1.29 is 14.0 Å². The minimum Gasteiger partial charge on any atom is -0.310 e. The number of halogens is 1. The molecule has 0 saturated heterocycles. The van der Waals surface area contributed by atoms with Gasteiger partial charge in [0.05, 0.1) is 17.3 Å². The van der Waals surface area contributed by atoms with Crippen LogP contribution in [0.5, 0.6) is 0 Å². The van der Waals surface area contributed by atoms with Crippen LogP contribution in [0.2, 0.25) is 0 Å². The molecule has 194 valence electrons. The number of nitrogens with one attached hydrogen (secondary N) is 1. The molecule has 2 aromatic carbocycles. The number of pyridine rings is 1. The molecule has 0 unspecified atom stereocenters. The third kappa shape index (κ3) is 4.35. The predicted molar refractivity (Wildman–Crippen MR) is 145 cm³/mol. The fourth-order valence-electron chi connectivity index (χ4n) is 4.92. The number of ketones is 1. The summed E-state index contributed by atoms with van der Waals surface area (Å²) in [7, 11) is 0. The first-order valence-corrected chi connectivity index (χ1v) is 12.7. The van der Waals surface area contributed by atoms with E-state index in [0.717, 1.165) is 5.56 Å². The van der Waals surface area contributed by atoms with E-state index in [4.69, 9.17) is 10.1 Å². The number of anilines is 1. The summed E-state index contributed by atoms with van der Waals surface area (Å²) in [5, 5.41) is 8.19. The molecule has 4 heterocycles. The zero-order chi connectivity index (χ0) is 27.1. The van der Waals surface area contributed by atoms with E-state index < -0.39 is 5.41 Å². The lowest BCUT2D eigenvalue weighted by atomic mass is 9.84. The first kappa shape index (κ1) is 24.5. The lowest BCUT2D eigenvalue weighted by Crippen LogP contribution is -2.28. The third-order valence-corrected chi connectivity index (χ3v) is 7.08. The highest BCUT2D eigenvalue weighted by atomic mass is 19.1. The number of amides is 1.